The Labute approximate surface area is 61.3 Å². The maximum absolute atomic E-state index is 3.19. The van der Waals surface area contributed by atoms with Gasteiger partial charge in [-0.15, -0.1) is 0 Å². The Balaban J connectivity index is 2.51. The van der Waals surface area contributed by atoms with E-state index in [0.717, 1.165) is 0 Å². The number of quaternary nitrogens is 1. The molecular formula is C7H9BN2. The second kappa shape index (κ2) is 2.02. The monoisotopic (exact) mass is 132 g/mol. The van der Waals surface area contributed by atoms with Gasteiger partial charge in [0.15, 0.2) is 0 Å². The lowest BCUT2D eigenvalue weighted by Gasteiger charge is -2.13. The molecule has 3 heteroatoms. The highest BCUT2D eigenvalue weighted by Gasteiger charge is 2.09. The summed E-state index contributed by atoms with van der Waals surface area (Å²) in [6, 6.07) is 8.31. The van der Waals surface area contributed by atoms with Crippen molar-refractivity contribution in [3.05, 3.63) is 30.9 Å². The topological polar surface area (TPSA) is 16.5 Å². The molecule has 0 fully saturated rings. The first-order valence-electron chi connectivity index (χ1n) is 3.40. The number of hydrogen-bond acceptors (Lipinski definition) is 1. The van der Waals surface area contributed by atoms with E-state index in [1.165, 1.54) is 16.2 Å². The van der Waals surface area contributed by atoms with Gasteiger partial charge in [0.05, 0.1) is 5.69 Å². The summed E-state index contributed by atoms with van der Waals surface area (Å²) in [5.41, 5.74) is 2.54. The summed E-state index contributed by atoms with van der Waals surface area (Å²) in [5.74, 6) is 0. The lowest BCUT2D eigenvalue weighted by Crippen LogP contribution is -3.01. The van der Waals surface area contributed by atoms with E-state index in [2.05, 4.69) is 31.5 Å². The van der Waals surface area contributed by atoms with Crippen molar-refractivity contribution < 1.29 is 4.81 Å². The van der Waals surface area contributed by atoms with Crippen LogP contribution in [0.1, 0.15) is 0 Å². The summed E-state index contributed by atoms with van der Waals surface area (Å²) in [6.07, 6.45) is 0. The molecule has 2 nitrogen and oxygen atoms in total. The van der Waals surface area contributed by atoms with E-state index in [1.54, 1.807) is 0 Å². The predicted octanol–water partition coefficient (Wildman–Crippen LogP) is -0.704. The first-order valence-corrected chi connectivity index (χ1v) is 3.40. The first kappa shape index (κ1) is 5.80. The van der Waals surface area contributed by atoms with Gasteiger partial charge < -0.3 is 10.1 Å². The van der Waals surface area contributed by atoms with E-state index in [1.807, 2.05) is 12.7 Å². The number of para-hydroxylation sites is 2. The van der Waals surface area contributed by atoms with Crippen molar-refractivity contribution in [2.45, 2.75) is 0 Å². The maximum Gasteiger partial charge on any atom is 0.351 e. The molecule has 0 amide bonds. The van der Waals surface area contributed by atoms with Gasteiger partial charge in [0.2, 0.25) is 0 Å². The molecule has 0 bridgehead atoms. The van der Waals surface area contributed by atoms with Crippen molar-refractivity contribution in [1.29, 1.82) is 0 Å². The summed E-state index contributed by atoms with van der Waals surface area (Å²) < 4.78 is 0. The number of anilines is 1. The zero-order valence-corrected chi connectivity index (χ0v) is 5.89. The molecule has 1 unspecified atom stereocenters. The minimum Gasteiger partial charge on any atom is -0.493 e. The quantitative estimate of drug-likeness (QED) is 0.352. The van der Waals surface area contributed by atoms with Crippen molar-refractivity contribution in [1.82, 2.24) is 0 Å². The first-order chi connectivity index (χ1) is 4.88. The summed E-state index contributed by atoms with van der Waals surface area (Å²) in [6.45, 7) is 2.03. The van der Waals surface area contributed by atoms with Crippen molar-refractivity contribution in [2.24, 2.45) is 0 Å². The third-order valence-corrected chi connectivity index (χ3v) is 1.80. The number of rotatable bonds is 0. The minimum atomic E-state index is 1.22. The molecule has 50 valence electrons. The van der Waals surface area contributed by atoms with Crippen LogP contribution >= 0.6 is 0 Å². The van der Waals surface area contributed by atoms with Crippen LogP contribution in [-0.2, 0) is 0 Å². The van der Waals surface area contributed by atoms with Gasteiger partial charge in [-0.1, -0.05) is 18.8 Å². The van der Waals surface area contributed by atoms with Crippen molar-refractivity contribution >= 4 is 19.4 Å². The van der Waals surface area contributed by atoms with Gasteiger partial charge in [-0.2, -0.15) is 0 Å². The standard InChI is InChI=1S/C7H9BN2/c8-10-5-9-6-3-1-2-4-7(6)10/h1-5,9-10H,8H2. The zero-order valence-electron chi connectivity index (χ0n) is 5.89. The van der Waals surface area contributed by atoms with Gasteiger partial charge in [-0.25, -0.2) is 0 Å². The van der Waals surface area contributed by atoms with Crippen LogP contribution in [0.15, 0.2) is 24.3 Å². The molecule has 1 aliphatic heterocycles. The zero-order chi connectivity index (χ0) is 6.97. The molecule has 0 aromatic heterocycles. The average molecular weight is 132 g/mol. The Bertz CT molecular complexity index is 249. The Morgan fingerprint density at radius 1 is 1.40 bits per heavy atom. The van der Waals surface area contributed by atoms with E-state index in [-0.39, 0.29) is 0 Å². The third kappa shape index (κ3) is 0.710. The van der Waals surface area contributed by atoms with Gasteiger partial charge in [0, 0.05) is 0 Å². The van der Waals surface area contributed by atoms with Crippen LogP contribution in [0.4, 0.5) is 11.4 Å². The summed E-state index contributed by atoms with van der Waals surface area (Å²) in [4.78, 5) is 1.32. The molecular weight excluding hydrogens is 123 g/mol. The fourth-order valence-corrected chi connectivity index (χ4v) is 1.22. The molecule has 2 N–H and O–H groups in total. The summed E-state index contributed by atoms with van der Waals surface area (Å²) in [7, 11) is 2.11. The molecule has 1 aromatic carbocycles. The van der Waals surface area contributed by atoms with Gasteiger partial charge in [-0.05, 0) is 12.1 Å². The Kier molecular flexibility index (Phi) is 1.17. The van der Waals surface area contributed by atoms with E-state index >= 15 is 0 Å². The average Bonchev–Trinajstić information content (AvgIpc) is 2.34. The van der Waals surface area contributed by atoms with Crippen LogP contribution in [0.2, 0.25) is 0 Å². The number of benzene rings is 1. The second-order valence-corrected chi connectivity index (χ2v) is 2.52. The van der Waals surface area contributed by atoms with Gasteiger partial charge >= 0.3 is 7.98 Å². The molecule has 1 aliphatic rings. The van der Waals surface area contributed by atoms with Crippen LogP contribution in [0.25, 0.3) is 0 Å². The van der Waals surface area contributed by atoms with E-state index in [0.29, 0.717) is 0 Å². The largest absolute Gasteiger partial charge is 0.493 e. The van der Waals surface area contributed by atoms with E-state index in [4.69, 9.17) is 0 Å². The van der Waals surface area contributed by atoms with Crippen molar-refractivity contribution in [3.63, 3.8) is 0 Å². The SMILES string of the molecule is B[NH+]1[CH-]Nc2ccccc21. The molecule has 1 atom stereocenters. The van der Waals surface area contributed by atoms with Crippen LogP contribution in [0, 0.1) is 6.67 Å². The van der Waals surface area contributed by atoms with Gasteiger partial charge in [-0.3, -0.25) is 0 Å². The third-order valence-electron chi connectivity index (χ3n) is 1.80. The Hall–Kier alpha value is -0.955. The van der Waals surface area contributed by atoms with Gasteiger partial charge in [0.1, 0.15) is 5.69 Å². The Morgan fingerprint density at radius 2 is 2.20 bits per heavy atom. The van der Waals surface area contributed by atoms with Crippen molar-refractivity contribution in [2.75, 3.05) is 5.32 Å². The van der Waals surface area contributed by atoms with Crippen LogP contribution in [-0.4, -0.2) is 7.98 Å². The number of nitrogens with one attached hydrogen (secondary N) is 2. The lowest BCUT2D eigenvalue weighted by atomic mass is 10.2. The van der Waals surface area contributed by atoms with E-state index in [9.17, 15) is 0 Å². The number of hydrogen-bond donors (Lipinski definition) is 2. The fourth-order valence-electron chi connectivity index (χ4n) is 1.22. The molecule has 0 saturated heterocycles. The summed E-state index contributed by atoms with van der Waals surface area (Å²) >= 11 is 0. The molecule has 2 rings (SSSR count). The minimum absolute atomic E-state index is 1.22. The maximum atomic E-state index is 3.19. The van der Waals surface area contributed by atoms with Crippen LogP contribution in [0.3, 0.4) is 0 Å². The van der Waals surface area contributed by atoms with Gasteiger partial charge in [0.25, 0.3) is 0 Å². The second-order valence-electron chi connectivity index (χ2n) is 2.52. The molecule has 10 heavy (non-hydrogen) atoms. The predicted molar refractivity (Wildman–Crippen MR) is 43.5 cm³/mol. The highest BCUT2D eigenvalue weighted by atomic mass is 15.2. The van der Waals surface area contributed by atoms with Crippen LogP contribution < -0.4 is 10.1 Å². The normalized spacial score (nSPS) is 21.8. The highest BCUT2D eigenvalue weighted by Crippen LogP contribution is 2.19. The molecule has 0 spiro atoms. The molecule has 0 aliphatic carbocycles. The fraction of sp³-hybridized carbons (Fsp3) is 0. The molecule has 1 aromatic rings. The van der Waals surface area contributed by atoms with Crippen LogP contribution in [0.5, 0.6) is 0 Å². The van der Waals surface area contributed by atoms with E-state index < -0.39 is 0 Å². The summed E-state index contributed by atoms with van der Waals surface area (Å²) in [5, 5.41) is 3.19. The molecule has 1 heterocycles. The smallest absolute Gasteiger partial charge is 0.351 e. The highest BCUT2D eigenvalue weighted by molar-refractivity contribution is 5.98. The van der Waals surface area contributed by atoms with Crippen molar-refractivity contribution in [3.8, 4) is 0 Å². The number of fused-ring (bicyclic) bond motifs is 1. The Morgan fingerprint density at radius 3 is 3.00 bits per heavy atom. The lowest BCUT2D eigenvalue weighted by molar-refractivity contribution is -0.654. The molecule has 0 saturated carbocycles. The molecule has 0 radical (unpaired) electrons.